The lowest BCUT2D eigenvalue weighted by Crippen LogP contribution is -2.20. The molecule has 3 N–H and O–H groups in total. The number of hydrogen-bond donors (Lipinski definition) is 3. The molecule has 1 rings (SSSR count). The maximum Gasteiger partial charge on any atom is 0.307 e. The van der Waals surface area contributed by atoms with Crippen LogP contribution in [-0.2, 0) is 11.2 Å². The van der Waals surface area contributed by atoms with Gasteiger partial charge in [-0.05, 0) is 17.7 Å². The zero-order valence-corrected chi connectivity index (χ0v) is 10.6. The third kappa shape index (κ3) is 3.60. The average molecular weight is 275 g/mol. The van der Waals surface area contributed by atoms with Crippen molar-refractivity contribution in [2.75, 3.05) is 13.0 Å². The van der Waals surface area contributed by atoms with Crippen LogP contribution in [-0.4, -0.2) is 40.4 Å². The first kappa shape index (κ1) is 14.8. The molecule has 0 fully saturated rings. The van der Waals surface area contributed by atoms with Crippen molar-refractivity contribution in [1.29, 1.82) is 0 Å². The predicted molar refractivity (Wildman–Crippen MR) is 66.0 cm³/mol. The van der Waals surface area contributed by atoms with E-state index in [9.17, 15) is 15.0 Å². The summed E-state index contributed by atoms with van der Waals surface area (Å²) in [4.78, 5) is 10.6. The maximum atomic E-state index is 10.6. The fraction of sp³-hybridized carbons (Fsp3) is 0.417. The van der Waals surface area contributed by atoms with E-state index in [-0.39, 0.29) is 12.3 Å². The Balaban J connectivity index is 3.09. The minimum Gasteiger partial charge on any atom is -0.496 e. The minimum absolute atomic E-state index is 0.131. The summed E-state index contributed by atoms with van der Waals surface area (Å²) in [6.45, 7) is 0. The van der Waals surface area contributed by atoms with Crippen molar-refractivity contribution < 1.29 is 24.9 Å². The number of carbonyl (C=O) groups is 1. The molecular weight excluding hydrogens is 260 g/mol. The number of methoxy groups -OCH3 is 1. The Labute approximate surface area is 110 Å². The second kappa shape index (κ2) is 6.58. The summed E-state index contributed by atoms with van der Waals surface area (Å²) < 4.78 is 5.06. The van der Waals surface area contributed by atoms with Crippen LogP contribution < -0.4 is 4.74 Å². The molecule has 1 aromatic rings. The smallest absolute Gasteiger partial charge is 0.307 e. The highest BCUT2D eigenvalue weighted by Crippen LogP contribution is 2.29. The Morgan fingerprint density at radius 2 is 2.11 bits per heavy atom. The molecule has 0 saturated carbocycles. The highest BCUT2D eigenvalue weighted by molar-refractivity contribution is 6.18. The molecule has 0 amide bonds. The fourth-order valence-electron chi connectivity index (χ4n) is 1.59. The van der Waals surface area contributed by atoms with Crippen molar-refractivity contribution in [3.8, 4) is 5.75 Å². The Morgan fingerprint density at radius 3 is 2.61 bits per heavy atom. The predicted octanol–water partition coefficient (Wildman–Crippen LogP) is 0.955. The molecule has 0 spiro atoms. The van der Waals surface area contributed by atoms with Crippen molar-refractivity contribution in [3.05, 3.63) is 29.3 Å². The van der Waals surface area contributed by atoms with Crippen molar-refractivity contribution in [1.82, 2.24) is 0 Å². The van der Waals surface area contributed by atoms with Gasteiger partial charge in [0.05, 0.1) is 25.5 Å². The van der Waals surface area contributed by atoms with E-state index in [1.807, 2.05) is 0 Å². The van der Waals surface area contributed by atoms with Gasteiger partial charge in [0.15, 0.2) is 0 Å². The SMILES string of the molecule is COc1ccc(CC(=O)O)cc1C(O)C(O)CCl. The zero-order chi connectivity index (χ0) is 13.7. The van der Waals surface area contributed by atoms with Gasteiger partial charge in [-0.1, -0.05) is 6.07 Å². The Kier molecular flexibility index (Phi) is 5.40. The largest absolute Gasteiger partial charge is 0.496 e. The Bertz CT molecular complexity index is 421. The summed E-state index contributed by atoms with van der Waals surface area (Å²) in [6.07, 6.45) is -2.52. The molecular formula is C12H15ClO5. The molecule has 1 aromatic carbocycles. The van der Waals surface area contributed by atoms with Gasteiger partial charge in [0, 0.05) is 5.56 Å². The number of halogens is 1. The molecule has 100 valence electrons. The lowest BCUT2D eigenvalue weighted by Gasteiger charge is -2.19. The van der Waals surface area contributed by atoms with Gasteiger partial charge in [-0.3, -0.25) is 4.79 Å². The maximum absolute atomic E-state index is 10.6. The molecule has 0 bridgehead atoms. The van der Waals surface area contributed by atoms with Crippen LogP contribution >= 0.6 is 11.6 Å². The van der Waals surface area contributed by atoms with E-state index >= 15 is 0 Å². The minimum atomic E-state index is -1.22. The summed E-state index contributed by atoms with van der Waals surface area (Å²) in [6, 6.07) is 4.64. The number of carboxylic acids is 1. The fourth-order valence-corrected chi connectivity index (χ4v) is 1.76. The van der Waals surface area contributed by atoms with Gasteiger partial charge >= 0.3 is 5.97 Å². The molecule has 6 heteroatoms. The van der Waals surface area contributed by atoms with E-state index in [0.29, 0.717) is 16.9 Å². The number of aliphatic hydroxyl groups excluding tert-OH is 2. The van der Waals surface area contributed by atoms with Crippen LogP contribution in [0.4, 0.5) is 0 Å². The molecule has 0 saturated heterocycles. The molecule has 0 aliphatic rings. The van der Waals surface area contributed by atoms with Crippen molar-refractivity contribution >= 4 is 17.6 Å². The number of aliphatic carboxylic acids is 1. The summed E-state index contributed by atoms with van der Waals surface area (Å²) in [5.41, 5.74) is 0.837. The highest BCUT2D eigenvalue weighted by Gasteiger charge is 2.21. The number of benzene rings is 1. The summed E-state index contributed by atoms with van der Waals surface area (Å²) >= 11 is 5.47. The quantitative estimate of drug-likeness (QED) is 0.673. The topological polar surface area (TPSA) is 87.0 Å². The molecule has 18 heavy (non-hydrogen) atoms. The van der Waals surface area contributed by atoms with Crippen LogP contribution in [0.5, 0.6) is 5.75 Å². The van der Waals surface area contributed by atoms with Gasteiger partial charge in [-0.25, -0.2) is 0 Å². The van der Waals surface area contributed by atoms with E-state index in [4.69, 9.17) is 21.4 Å². The number of rotatable bonds is 6. The zero-order valence-electron chi connectivity index (χ0n) is 9.84. The second-order valence-corrected chi connectivity index (χ2v) is 4.12. The van der Waals surface area contributed by atoms with Crippen molar-refractivity contribution in [2.24, 2.45) is 0 Å². The normalized spacial score (nSPS) is 14.0. The van der Waals surface area contributed by atoms with Crippen LogP contribution in [0.2, 0.25) is 0 Å². The molecule has 0 aliphatic carbocycles. The molecule has 0 heterocycles. The van der Waals surface area contributed by atoms with Crippen LogP contribution in [0.15, 0.2) is 18.2 Å². The number of aliphatic hydroxyl groups is 2. The molecule has 2 atom stereocenters. The summed E-state index contributed by atoms with van der Waals surface area (Å²) in [7, 11) is 1.43. The first-order valence-electron chi connectivity index (χ1n) is 5.30. The van der Waals surface area contributed by atoms with Gasteiger partial charge in [-0.15, -0.1) is 11.6 Å². The third-order valence-electron chi connectivity index (χ3n) is 2.49. The second-order valence-electron chi connectivity index (χ2n) is 3.81. The lowest BCUT2D eigenvalue weighted by atomic mass is 10.00. The first-order valence-corrected chi connectivity index (χ1v) is 5.83. The van der Waals surface area contributed by atoms with E-state index in [2.05, 4.69) is 0 Å². The van der Waals surface area contributed by atoms with Gasteiger partial charge in [0.1, 0.15) is 11.9 Å². The Morgan fingerprint density at radius 1 is 1.44 bits per heavy atom. The molecule has 2 unspecified atom stereocenters. The average Bonchev–Trinajstić information content (AvgIpc) is 2.36. The van der Waals surface area contributed by atoms with Crippen LogP contribution in [0.3, 0.4) is 0 Å². The lowest BCUT2D eigenvalue weighted by molar-refractivity contribution is -0.136. The standard InChI is InChI=1S/C12H15ClO5/c1-18-10-3-2-7(5-11(15)16)4-8(10)12(17)9(14)6-13/h2-4,9,12,14,17H,5-6H2,1H3,(H,15,16). The highest BCUT2D eigenvalue weighted by atomic mass is 35.5. The van der Waals surface area contributed by atoms with Gasteiger partial charge < -0.3 is 20.1 Å². The molecule has 0 aromatic heterocycles. The van der Waals surface area contributed by atoms with E-state index < -0.39 is 18.2 Å². The number of ether oxygens (including phenoxy) is 1. The van der Waals surface area contributed by atoms with Crippen molar-refractivity contribution in [2.45, 2.75) is 18.6 Å². The molecule has 5 nitrogen and oxygen atoms in total. The molecule has 0 radical (unpaired) electrons. The van der Waals surface area contributed by atoms with Crippen LogP contribution in [0, 0.1) is 0 Å². The van der Waals surface area contributed by atoms with Crippen molar-refractivity contribution in [3.63, 3.8) is 0 Å². The van der Waals surface area contributed by atoms with Crippen LogP contribution in [0.1, 0.15) is 17.2 Å². The first-order chi connectivity index (χ1) is 8.49. The third-order valence-corrected chi connectivity index (χ3v) is 2.81. The van der Waals surface area contributed by atoms with Crippen LogP contribution in [0.25, 0.3) is 0 Å². The number of hydrogen-bond acceptors (Lipinski definition) is 4. The number of alkyl halides is 1. The number of carboxylic acid groups (broad SMARTS) is 1. The van der Waals surface area contributed by atoms with E-state index in [1.165, 1.54) is 13.2 Å². The summed E-state index contributed by atoms with van der Waals surface area (Å²) in [5.74, 6) is -0.729. The van der Waals surface area contributed by atoms with E-state index in [1.54, 1.807) is 12.1 Å². The molecule has 0 aliphatic heterocycles. The van der Waals surface area contributed by atoms with E-state index in [0.717, 1.165) is 0 Å². The Hall–Kier alpha value is -1.30. The van der Waals surface area contributed by atoms with Gasteiger partial charge in [0.2, 0.25) is 0 Å². The van der Waals surface area contributed by atoms with Gasteiger partial charge in [-0.2, -0.15) is 0 Å². The summed E-state index contributed by atoms with van der Waals surface area (Å²) in [5, 5.41) is 28.1. The monoisotopic (exact) mass is 274 g/mol. The van der Waals surface area contributed by atoms with Gasteiger partial charge in [0.25, 0.3) is 0 Å².